The van der Waals surface area contributed by atoms with Crippen molar-refractivity contribution in [3.05, 3.63) is 54.0 Å². The fraction of sp³-hybridized carbons (Fsp3) is 0.294. The molecule has 1 aromatic heterocycles. The molecule has 1 saturated heterocycles. The summed E-state index contributed by atoms with van der Waals surface area (Å²) in [7, 11) is -4.14. The summed E-state index contributed by atoms with van der Waals surface area (Å²) in [6, 6.07) is 5.26. The number of nitrogens with zero attached hydrogens (tertiary/aromatic N) is 2. The topological polar surface area (TPSA) is 99.9 Å². The highest BCUT2D eigenvalue weighted by Crippen LogP contribution is 2.21. The van der Waals surface area contributed by atoms with Crippen molar-refractivity contribution in [3.8, 4) is 0 Å². The summed E-state index contributed by atoms with van der Waals surface area (Å²) in [6.45, 7) is -0.193. The number of halogens is 2. The van der Waals surface area contributed by atoms with Crippen LogP contribution in [0.2, 0.25) is 0 Å². The third kappa shape index (κ3) is 4.20. The molecule has 0 radical (unpaired) electrons. The molecule has 2 heterocycles. The van der Waals surface area contributed by atoms with Gasteiger partial charge in [0.15, 0.2) is 5.76 Å². The molecular weight excluding hydrogens is 396 g/mol. The second-order valence-electron chi connectivity index (χ2n) is 6.02. The van der Waals surface area contributed by atoms with Crippen LogP contribution in [0.25, 0.3) is 0 Å². The SMILES string of the molecule is O=C(NCC(=O)N1CCN(S(=O)(=O)c2ccc(F)cc2F)CC1)c1ccco1. The molecule has 0 saturated carbocycles. The molecule has 28 heavy (non-hydrogen) atoms. The predicted octanol–water partition coefficient (Wildman–Crippen LogP) is 0.821. The van der Waals surface area contributed by atoms with Gasteiger partial charge < -0.3 is 14.6 Å². The lowest BCUT2D eigenvalue weighted by molar-refractivity contribution is -0.131. The van der Waals surface area contributed by atoms with Gasteiger partial charge in [-0.05, 0) is 24.3 Å². The van der Waals surface area contributed by atoms with Crippen molar-refractivity contribution >= 4 is 21.8 Å². The smallest absolute Gasteiger partial charge is 0.287 e. The van der Waals surface area contributed by atoms with E-state index in [1.54, 1.807) is 6.07 Å². The van der Waals surface area contributed by atoms with Crippen LogP contribution >= 0.6 is 0 Å². The van der Waals surface area contributed by atoms with Gasteiger partial charge in [-0.2, -0.15) is 4.31 Å². The molecule has 0 bridgehead atoms. The molecule has 1 aromatic carbocycles. The van der Waals surface area contributed by atoms with Crippen molar-refractivity contribution < 1.29 is 31.2 Å². The molecule has 0 aliphatic carbocycles. The van der Waals surface area contributed by atoms with Crippen LogP contribution in [0.1, 0.15) is 10.6 Å². The van der Waals surface area contributed by atoms with E-state index in [0.717, 1.165) is 16.4 Å². The normalized spacial score (nSPS) is 15.4. The highest BCUT2D eigenvalue weighted by Gasteiger charge is 2.32. The van der Waals surface area contributed by atoms with Gasteiger partial charge in [-0.3, -0.25) is 9.59 Å². The van der Waals surface area contributed by atoms with Gasteiger partial charge >= 0.3 is 0 Å². The monoisotopic (exact) mass is 413 g/mol. The van der Waals surface area contributed by atoms with Crippen molar-refractivity contribution in [1.82, 2.24) is 14.5 Å². The van der Waals surface area contributed by atoms with Gasteiger partial charge in [-0.15, -0.1) is 0 Å². The maximum absolute atomic E-state index is 13.8. The Bertz CT molecular complexity index is 971. The standard InChI is InChI=1S/C17H17F2N3O5S/c18-12-3-4-15(13(19)10-12)28(25,26)22-7-5-21(6-8-22)16(23)11-20-17(24)14-2-1-9-27-14/h1-4,9-10H,5-8,11H2,(H,20,24). The van der Waals surface area contributed by atoms with Crippen LogP contribution in [0.5, 0.6) is 0 Å². The van der Waals surface area contributed by atoms with Gasteiger partial charge in [0.1, 0.15) is 16.5 Å². The third-order valence-electron chi connectivity index (χ3n) is 4.25. The molecule has 8 nitrogen and oxygen atoms in total. The molecule has 1 N–H and O–H groups in total. The number of carbonyl (C=O) groups is 2. The fourth-order valence-corrected chi connectivity index (χ4v) is 4.23. The summed E-state index contributed by atoms with van der Waals surface area (Å²) < 4.78 is 57.9. The highest BCUT2D eigenvalue weighted by atomic mass is 32.2. The molecular formula is C17H17F2N3O5S. The number of benzene rings is 1. The molecule has 1 fully saturated rings. The Morgan fingerprint density at radius 2 is 1.82 bits per heavy atom. The maximum atomic E-state index is 13.8. The van der Waals surface area contributed by atoms with Crippen LogP contribution in [0.15, 0.2) is 45.9 Å². The second kappa shape index (κ2) is 8.07. The first-order valence-electron chi connectivity index (χ1n) is 8.34. The maximum Gasteiger partial charge on any atom is 0.287 e. The first-order chi connectivity index (χ1) is 13.3. The summed E-state index contributed by atoms with van der Waals surface area (Å²) in [5.74, 6) is -2.89. The second-order valence-corrected chi connectivity index (χ2v) is 7.93. The van der Waals surface area contributed by atoms with E-state index in [1.807, 2.05) is 0 Å². The van der Waals surface area contributed by atoms with Gasteiger partial charge in [-0.25, -0.2) is 17.2 Å². The number of nitrogens with one attached hydrogen (secondary N) is 1. The summed E-state index contributed by atoms with van der Waals surface area (Å²) in [4.78, 5) is 24.8. The van der Waals surface area contributed by atoms with E-state index >= 15 is 0 Å². The Kier molecular flexibility index (Phi) is 5.75. The molecule has 3 rings (SSSR count). The minimum absolute atomic E-state index is 0.0446. The molecule has 2 aromatic rings. The Balaban J connectivity index is 1.56. The quantitative estimate of drug-likeness (QED) is 0.783. The number of hydrogen-bond donors (Lipinski definition) is 1. The fourth-order valence-electron chi connectivity index (χ4n) is 2.76. The van der Waals surface area contributed by atoms with Crippen LogP contribution in [-0.4, -0.2) is 62.2 Å². The van der Waals surface area contributed by atoms with E-state index in [0.29, 0.717) is 6.07 Å². The zero-order valence-electron chi connectivity index (χ0n) is 14.6. The molecule has 0 unspecified atom stereocenters. The van der Waals surface area contributed by atoms with Gasteiger partial charge in [-0.1, -0.05) is 0 Å². The van der Waals surface area contributed by atoms with E-state index in [9.17, 15) is 26.8 Å². The van der Waals surface area contributed by atoms with Crippen molar-refractivity contribution in [2.45, 2.75) is 4.90 Å². The third-order valence-corrected chi connectivity index (χ3v) is 6.18. The Labute approximate surface area is 159 Å². The van der Waals surface area contributed by atoms with Gasteiger partial charge in [0.2, 0.25) is 15.9 Å². The van der Waals surface area contributed by atoms with E-state index in [2.05, 4.69) is 5.32 Å². The number of hydrogen-bond acceptors (Lipinski definition) is 5. The molecule has 0 spiro atoms. The predicted molar refractivity (Wildman–Crippen MR) is 92.7 cm³/mol. The number of rotatable bonds is 5. The largest absolute Gasteiger partial charge is 0.459 e. The minimum atomic E-state index is -4.14. The first kappa shape index (κ1) is 20.0. The lowest BCUT2D eigenvalue weighted by Gasteiger charge is -2.34. The van der Waals surface area contributed by atoms with Crippen LogP contribution in [-0.2, 0) is 14.8 Å². The molecule has 150 valence electrons. The molecule has 1 aliphatic rings. The summed E-state index contributed by atoms with van der Waals surface area (Å²) in [5.41, 5.74) is 0. The van der Waals surface area contributed by atoms with Crippen LogP contribution in [0, 0.1) is 11.6 Å². The number of piperazine rings is 1. The van der Waals surface area contributed by atoms with Gasteiger partial charge in [0.05, 0.1) is 12.8 Å². The van der Waals surface area contributed by atoms with Gasteiger partial charge in [0, 0.05) is 32.2 Å². The zero-order valence-corrected chi connectivity index (χ0v) is 15.4. The average Bonchev–Trinajstić information content (AvgIpc) is 3.20. The van der Waals surface area contributed by atoms with Crippen LogP contribution in [0.3, 0.4) is 0 Å². The van der Waals surface area contributed by atoms with Crippen molar-refractivity contribution in [2.75, 3.05) is 32.7 Å². The van der Waals surface area contributed by atoms with Crippen molar-refractivity contribution in [2.24, 2.45) is 0 Å². The minimum Gasteiger partial charge on any atom is -0.459 e. The van der Waals surface area contributed by atoms with Crippen molar-refractivity contribution in [3.63, 3.8) is 0 Å². The average molecular weight is 413 g/mol. The van der Waals surface area contributed by atoms with E-state index in [-0.39, 0.29) is 44.4 Å². The number of carbonyl (C=O) groups excluding carboxylic acids is 2. The molecule has 2 amide bonds. The first-order valence-corrected chi connectivity index (χ1v) is 9.78. The van der Waals surface area contributed by atoms with Crippen LogP contribution < -0.4 is 5.32 Å². The molecule has 11 heteroatoms. The highest BCUT2D eigenvalue weighted by molar-refractivity contribution is 7.89. The van der Waals surface area contributed by atoms with E-state index < -0.39 is 32.5 Å². The number of sulfonamides is 1. The Hall–Kier alpha value is -2.79. The number of amides is 2. The summed E-state index contributed by atoms with van der Waals surface area (Å²) >= 11 is 0. The van der Waals surface area contributed by atoms with E-state index in [1.165, 1.54) is 17.2 Å². The Morgan fingerprint density at radius 3 is 2.43 bits per heavy atom. The Morgan fingerprint density at radius 1 is 1.11 bits per heavy atom. The number of furan rings is 1. The van der Waals surface area contributed by atoms with Crippen molar-refractivity contribution in [1.29, 1.82) is 0 Å². The lowest BCUT2D eigenvalue weighted by atomic mass is 10.3. The summed E-state index contributed by atoms with van der Waals surface area (Å²) in [6.07, 6.45) is 1.33. The molecule has 0 atom stereocenters. The molecule has 1 aliphatic heterocycles. The van der Waals surface area contributed by atoms with Gasteiger partial charge in [0.25, 0.3) is 5.91 Å². The van der Waals surface area contributed by atoms with Crippen LogP contribution in [0.4, 0.5) is 8.78 Å². The summed E-state index contributed by atoms with van der Waals surface area (Å²) in [5, 5.41) is 2.42. The zero-order chi connectivity index (χ0) is 20.3. The lowest BCUT2D eigenvalue weighted by Crippen LogP contribution is -2.52. The van der Waals surface area contributed by atoms with E-state index in [4.69, 9.17) is 4.42 Å².